The van der Waals surface area contributed by atoms with Crippen LogP contribution in [0.15, 0.2) is 52.4 Å². The normalized spacial score (nSPS) is 16.2. The second-order valence-electron chi connectivity index (χ2n) is 6.49. The second kappa shape index (κ2) is 11.4. The highest BCUT2D eigenvalue weighted by Crippen LogP contribution is 2.38. The fourth-order valence-electron chi connectivity index (χ4n) is 2.79. The number of nitrogens with zero attached hydrogens (tertiary/aromatic N) is 2. The summed E-state index contributed by atoms with van der Waals surface area (Å²) < 4.78 is 10.5. The molecule has 10 heteroatoms. The number of amides is 1. The molecule has 1 aliphatic rings. The third-order valence-electron chi connectivity index (χ3n) is 4.19. The Morgan fingerprint density at radius 3 is 2.53 bits per heavy atom. The maximum Gasteiger partial charge on any atom is 0.341 e. The van der Waals surface area contributed by atoms with Gasteiger partial charge >= 0.3 is 5.97 Å². The van der Waals surface area contributed by atoms with Gasteiger partial charge in [-0.1, -0.05) is 41.4 Å². The van der Waals surface area contributed by atoms with E-state index in [1.54, 1.807) is 23.1 Å². The second-order valence-corrected chi connectivity index (χ2v) is 8.31. The summed E-state index contributed by atoms with van der Waals surface area (Å²) in [5.41, 5.74) is 1.31. The molecule has 1 amide bonds. The molecule has 7 nitrogen and oxygen atoms in total. The highest BCUT2D eigenvalue weighted by Gasteiger charge is 2.33. The Morgan fingerprint density at radius 2 is 1.91 bits per heavy atom. The van der Waals surface area contributed by atoms with Crippen molar-refractivity contribution in [1.29, 1.82) is 0 Å². The Labute approximate surface area is 199 Å². The van der Waals surface area contributed by atoms with Crippen molar-refractivity contribution >= 4 is 63.8 Å². The Kier molecular flexibility index (Phi) is 8.58. The molecule has 1 fully saturated rings. The van der Waals surface area contributed by atoms with Crippen LogP contribution in [0.25, 0.3) is 6.08 Å². The maximum absolute atomic E-state index is 13.1. The van der Waals surface area contributed by atoms with E-state index in [1.165, 1.54) is 11.8 Å². The Bertz CT molecular complexity index is 1040. The topological polar surface area (TPSA) is 88.4 Å². The largest absolute Gasteiger partial charge is 0.479 e. The van der Waals surface area contributed by atoms with E-state index in [0.717, 1.165) is 5.69 Å². The number of carbonyl (C=O) groups excluding carboxylic acids is 1. The summed E-state index contributed by atoms with van der Waals surface area (Å²) >= 11 is 13.7. The fraction of sp³-hybridized carbons (Fsp3) is 0.227. The van der Waals surface area contributed by atoms with Gasteiger partial charge in [-0.15, -0.1) is 0 Å². The molecule has 0 unspecified atom stereocenters. The molecule has 1 aliphatic heterocycles. The predicted molar refractivity (Wildman–Crippen MR) is 127 cm³/mol. The molecule has 1 N–H and O–H groups in total. The van der Waals surface area contributed by atoms with Crippen LogP contribution in [0.4, 0.5) is 5.69 Å². The molecule has 0 aromatic heterocycles. The fourth-order valence-corrected chi connectivity index (χ4v) is 4.43. The van der Waals surface area contributed by atoms with Gasteiger partial charge in [-0.3, -0.25) is 9.69 Å². The summed E-state index contributed by atoms with van der Waals surface area (Å²) in [6, 6.07) is 12.5. The van der Waals surface area contributed by atoms with Gasteiger partial charge < -0.3 is 14.6 Å². The lowest BCUT2D eigenvalue weighted by atomic mass is 10.2. The minimum atomic E-state index is -1.14. The van der Waals surface area contributed by atoms with Crippen LogP contribution in [0.3, 0.4) is 0 Å². The van der Waals surface area contributed by atoms with E-state index in [0.29, 0.717) is 35.4 Å². The van der Waals surface area contributed by atoms with Gasteiger partial charge in [-0.2, -0.15) is 0 Å². The Hall–Kier alpha value is -2.52. The number of aliphatic carboxylic acids is 1. The number of hydrogen-bond acceptors (Lipinski definition) is 6. The molecule has 0 spiro atoms. The molecule has 0 radical (unpaired) electrons. The first-order valence-electron chi connectivity index (χ1n) is 9.65. The number of carbonyl (C=O) groups is 2. The molecular weight excluding hydrogens is 475 g/mol. The molecule has 0 atom stereocenters. The minimum absolute atomic E-state index is 0.0768. The summed E-state index contributed by atoms with van der Waals surface area (Å²) in [5, 5.41) is 9.62. The lowest BCUT2D eigenvalue weighted by Crippen LogP contribution is -2.32. The minimum Gasteiger partial charge on any atom is -0.479 e. The van der Waals surface area contributed by atoms with Gasteiger partial charge in [0.05, 0.1) is 33.8 Å². The zero-order valence-electron chi connectivity index (χ0n) is 17.1. The summed E-state index contributed by atoms with van der Waals surface area (Å²) in [6.45, 7) is 2.63. The quantitative estimate of drug-likeness (QED) is 0.385. The smallest absolute Gasteiger partial charge is 0.341 e. The first-order valence-corrected chi connectivity index (χ1v) is 11.2. The van der Waals surface area contributed by atoms with E-state index < -0.39 is 12.6 Å². The van der Waals surface area contributed by atoms with E-state index in [9.17, 15) is 9.59 Å². The van der Waals surface area contributed by atoms with Crippen molar-refractivity contribution in [3.05, 3.63) is 63.0 Å². The summed E-state index contributed by atoms with van der Waals surface area (Å²) in [4.78, 5) is 30.4. The molecule has 2 aromatic rings. The monoisotopic (exact) mass is 494 g/mol. The van der Waals surface area contributed by atoms with Crippen molar-refractivity contribution in [2.45, 2.75) is 6.92 Å². The number of carboxylic acids is 1. The predicted octanol–water partition coefficient (Wildman–Crippen LogP) is 5.10. The highest BCUT2D eigenvalue weighted by molar-refractivity contribution is 8.18. The van der Waals surface area contributed by atoms with Crippen LogP contribution < -0.4 is 4.74 Å². The van der Waals surface area contributed by atoms with E-state index in [2.05, 4.69) is 4.99 Å². The SMILES string of the molecule is CCOCCN1C(=O)/C(=C/c2cc(Cl)c(OCC(=O)O)c(Cl)c2)SC1=Nc1ccccc1. The first-order chi connectivity index (χ1) is 15.4. The summed E-state index contributed by atoms with van der Waals surface area (Å²) in [7, 11) is 0. The van der Waals surface area contributed by atoms with Crippen molar-refractivity contribution in [2.24, 2.45) is 4.99 Å². The lowest BCUT2D eigenvalue weighted by molar-refractivity contribution is -0.139. The number of aliphatic imine (C=N–C) groups is 1. The molecule has 2 aromatic carbocycles. The number of ether oxygens (including phenoxy) is 2. The van der Waals surface area contributed by atoms with Crippen molar-refractivity contribution in [1.82, 2.24) is 4.90 Å². The molecular formula is C22H20Cl2N2O5S. The van der Waals surface area contributed by atoms with Crippen LogP contribution >= 0.6 is 35.0 Å². The van der Waals surface area contributed by atoms with Gasteiger partial charge in [0, 0.05) is 6.61 Å². The highest BCUT2D eigenvalue weighted by atomic mass is 35.5. The average Bonchev–Trinajstić information content (AvgIpc) is 3.02. The van der Waals surface area contributed by atoms with Crippen LogP contribution in [-0.2, 0) is 14.3 Å². The summed E-state index contributed by atoms with van der Waals surface area (Å²) in [5.74, 6) is -1.27. The lowest BCUT2D eigenvalue weighted by Gasteiger charge is -2.15. The van der Waals surface area contributed by atoms with E-state index >= 15 is 0 Å². The summed E-state index contributed by atoms with van der Waals surface area (Å²) in [6.07, 6.45) is 1.66. The van der Waals surface area contributed by atoms with Crippen molar-refractivity contribution in [3.63, 3.8) is 0 Å². The van der Waals surface area contributed by atoms with Crippen molar-refractivity contribution < 1.29 is 24.2 Å². The van der Waals surface area contributed by atoms with Gasteiger partial charge in [-0.25, -0.2) is 9.79 Å². The molecule has 0 bridgehead atoms. The number of para-hydroxylation sites is 1. The number of thioether (sulfide) groups is 1. The number of benzene rings is 2. The molecule has 0 saturated carbocycles. The van der Waals surface area contributed by atoms with Gasteiger partial charge in [0.1, 0.15) is 0 Å². The van der Waals surface area contributed by atoms with Crippen LogP contribution in [-0.4, -0.2) is 53.4 Å². The zero-order valence-corrected chi connectivity index (χ0v) is 19.4. The van der Waals surface area contributed by atoms with Crippen LogP contribution in [0.5, 0.6) is 5.75 Å². The number of hydrogen-bond donors (Lipinski definition) is 1. The number of amidine groups is 1. The van der Waals surface area contributed by atoms with Gasteiger partial charge in [-0.05, 0) is 54.6 Å². The Morgan fingerprint density at radius 1 is 1.22 bits per heavy atom. The number of halogens is 2. The standard InChI is InChI=1S/C22H20Cl2N2O5S/c1-2-30-9-8-26-21(29)18(32-22(26)25-15-6-4-3-5-7-15)12-14-10-16(23)20(17(24)11-14)31-13-19(27)28/h3-7,10-12H,2,8-9,13H2,1H3,(H,27,28)/b18-12-,25-22?. The molecule has 168 valence electrons. The van der Waals surface area contributed by atoms with Gasteiger partial charge in [0.15, 0.2) is 17.5 Å². The van der Waals surface area contributed by atoms with E-state index in [4.69, 9.17) is 37.8 Å². The van der Waals surface area contributed by atoms with Crippen LogP contribution in [0.1, 0.15) is 12.5 Å². The van der Waals surface area contributed by atoms with Crippen molar-refractivity contribution in [2.75, 3.05) is 26.4 Å². The van der Waals surface area contributed by atoms with E-state index in [-0.39, 0.29) is 21.7 Å². The third kappa shape index (κ3) is 6.26. The molecule has 3 rings (SSSR count). The van der Waals surface area contributed by atoms with Gasteiger partial charge in [0.25, 0.3) is 5.91 Å². The van der Waals surface area contributed by atoms with Gasteiger partial charge in [0.2, 0.25) is 0 Å². The number of rotatable bonds is 9. The maximum atomic E-state index is 13.1. The molecule has 1 heterocycles. The van der Waals surface area contributed by atoms with Crippen molar-refractivity contribution in [3.8, 4) is 5.75 Å². The Balaban J connectivity index is 1.89. The average molecular weight is 495 g/mol. The molecule has 0 aliphatic carbocycles. The molecule has 32 heavy (non-hydrogen) atoms. The number of carboxylic acid groups (broad SMARTS) is 1. The van der Waals surface area contributed by atoms with Crippen LogP contribution in [0.2, 0.25) is 10.0 Å². The van der Waals surface area contributed by atoms with Crippen LogP contribution in [0, 0.1) is 0 Å². The van der Waals surface area contributed by atoms with E-state index in [1.807, 2.05) is 37.3 Å². The molecule has 1 saturated heterocycles. The third-order valence-corrected chi connectivity index (χ3v) is 5.76. The first kappa shape index (κ1) is 24.1. The zero-order chi connectivity index (χ0) is 23.1.